The number of Topliss-reactive ketones (excluding diaryl/α,β-unsaturated/α-hetero) is 1. The maximum absolute atomic E-state index is 12.1. The lowest BCUT2D eigenvalue weighted by Crippen LogP contribution is -2.29. The van der Waals surface area contributed by atoms with Crippen LogP contribution in [0.5, 0.6) is 0 Å². The van der Waals surface area contributed by atoms with Crippen LogP contribution in [-0.4, -0.2) is 11.7 Å². The Morgan fingerprint density at radius 3 is 2.12 bits per heavy atom. The summed E-state index contributed by atoms with van der Waals surface area (Å²) in [5.41, 5.74) is 7.24. The van der Waals surface area contributed by atoms with E-state index >= 15 is 0 Å². The number of rotatable bonds is 7. The van der Waals surface area contributed by atoms with Gasteiger partial charge in [0.25, 0.3) is 0 Å². The summed E-state index contributed by atoms with van der Waals surface area (Å²) in [4.78, 5) is 24.0. The van der Waals surface area contributed by atoms with Gasteiger partial charge in [0.2, 0.25) is 5.91 Å². The number of benzene rings is 2. The summed E-state index contributed by atoms with van der Waals surface area (Å²) in [6.45, 7) is 2.05. The third kappa shape index (κ3) is 5.63. The van der Waals surface area contributed by atoms with E-state index in [1.165, 1.54) is 12.1 Å². The van der Waals surface area contributed by atoms with Crippen LogP contribution >= 0.6 is 34.8 Å². The molecule has 0 aliphatic heterocycles. The SMILES string of the molecule is CCc1ccc(C(=O)CCC(=O)NNc2c(Cl)cc(Cl)cc2Cl)cc1. The molecule has 0 radical (unpaired) electrons. The van der Waals surface area contributed by atoms with Gasteiger partial charge in [0, 0.05) is 23.4 Å². The van der Waals surface area contributed by atoms with Gasteiger partial charge in [0.15, 0.2) is 5.78 Å². The molecule has 132 valence electrons. The van der Waals surface area contributed by atoms with Gasteiger partial charge in [-0.25, -0.2) is 0 Å². The van der Waals surface area contributed by atoms with Crippen molar-refractivity contribution in [1.29, 1.82) is 0 Å². The van der Waals surface area contributed by atoms with Gasteiger partial charge in [-0.15, -0.1) is 0 Å². The number of hydrazine groups is 1. The summed E-state index contributed by atoms with van der Waals surface area (Å²) in [7, 11) is 0. The molecule has 0 spiro atoms. The Kier molecular flexibility index (Phi) is 7.12. The van der Waals surface area contributed by atoms with E-state index < -0.39 is 0 Å². The number of carbonyl (C=O) groups is 2. The standard InChI is InChI=1S/C18H17Cl3N2O2/c1-2-11-3-5-12(6-4-11)16(24)7-8-17(25)22-23-18-14(20)9-13(19)10-15(18)21/h3-6,9-10,23H,2,7-8H2,1H3,(H,22,25). The van der Waals surface area contributed by atoms with Gasteiger partial charge in [-0.1, -0.05) is 66.0 Å². The Morgan fingerprint density at radius 1 is 0.960 bits per heavy atom. The van der Waals surface area contributed by atoms with Crippen LogP contribution in [0, 0.1) is 0 Å². The van der Waals surface area contributed by atoms with Crippen LogP contribution in [0.4, 0.5) is 5.69 Å². The van der Waals surface area contributed by atoms with Gasteiger partial charge < -0.3 is 0 Å². The molecule has 2 N–H and O–H groups in total. The molecule has 25 heavy (non-hydrogen) atoms. The van der Waals surface area contributed by atoms with E-state index in [9.17, 15) is 9.59 Å². The summed E-state index contributed by atoms with van der Waals surface area (Å²) < 4.78 is 0. The zero-order valence-corrected chi connectivity index (χ0v) is 15.8. The molecule has 0 aliphatic carbocycles. The molecule has 2 aromatic rings. The Morgan fingerprint density at radius 2 is 1.56 bits per heavy atom. The van der Waals surface area contributed by atoms with Crippen molar-refractivity contribution in [3.8, 4) is 0 Å². The maximum Gasteiger partial charge on any atom is 0.238 e. The third-order valence-corrected chi connectivity index (χ3v) is 4.41. The van der Waals surface area contributed by atoms with Crippen molar-refractivity contribution in [2.45, 2.75) is 26.2 Å². The van der Waals surface area contributed by atoms with Gasteiger partial charge in [0.05, 0.1) is 15.7 Å². The summed E-state index contributed by atoms with van der Waals surface area (Å²) in [6, 6.07) is 10.4. The molecule has 2 rings (SSSR count). The Hall–Kier alpha value is -1.75. The smallest absolute Gasteiger partial charge is 0.238 e. The average Bonchev–Trinajstić information content (AvgIpc) is 2.58. The zero-order valence-electron chi connectivity index (χ0n) is 13.5. The van der Waals surface area contributed by atoms with Crippen LogP contribution < -0.4 is 10.9 Å². The number of hydrogen-bond acceptors (Lipinski definition) is 3. The summed E-state index contributed by atoms with van der Waals surface area (Å²) in [5, 5.41) is 0.960. The number of ketones is 1. The van der Waals surface area contributed by atoms with Crippen molar-refractivity contribution in [2.75, 3.05) is 5.43 Å². The van der Waals surface area contributed by atoms with E-state index in [0.29, 0.717) is 16.3 Å². The van der Waals surface area contributed by atoms with Crippen molar-refractivity contribution in [3.05, 3.63) is 62.6 Å². The quantitative estimate of drug-likeness (QED) is 0.489. The molecule has 0 aliphatic rings. The minimum absolute atomic E-state index is 0.0458. The lowest BCUT2D eigenvalue weighted by atomic mass is 10.0. The molecule has 7 heteroatoms. The first-order valence-electron chi connectivity index (χ1n) is 7.72. The first-order chi connectivity index (χ1) is 11.9. The highest BCUT2D eigenvalue weighted by atomic mass is 35.5. The van der Waals surface area contributed by atoms with Crippen molar-refractivity contribution in [1.82, 2.24) is 5.43 Å². The molecule has 0 unspecified atom stereocenters. The molecule has 0 heterocycles. The molecule has 0 aromatic heterocycles. The van der Waals surface area contributed by atoms with E-state index in [-0.39, 0.29) is 34.6 Å². The molecule has 0 bridgehead atoms. The highest BCUT2D eigenvalue weighted by Crippen LogP contribution is 2.33. The summed E-state index contributed by atoms with van der Waals surface area (Å²) in [6.07, 6.45) is 1.07. The second-order valence-corrected chi connectivity index (χ2v) is 6.64. The zero-order chi connectivity index (χ0) is 18.4. The first-order valence-corrected chi connectivity index (χ1v) is 8.85. The molecular formula is C18H17Cl3N2O2. The number of aryl methyl sites for hydroxylation is 1. The van der Waals surface area contributed by atoms with Crippen LogP contribution in [0.25, 0.3) is 0 Å². The molecule has 1 amide bonds. The van der Waals surface area contributed by atoms with Gasteiger partial charge in [0.1, 0.15) is 0 Å². The summed E-state index contributed by atoms with van der Waals surface area (Å²) >= 11 is 17.9. The maximum atomic E-state index is 12.1. The number of hydrogen-bond donors (Lipinski definition) is 2. The highest BCUT2D eigenvalue weighted by molar-refractivity contribution is 6.41. The van der Waals surface area contributed by atoms with Crippen LogP contribution in [0.1, 0.15) is 35.7 Å². The Bertz CT molecular complexity index is 753. The van der Waals surface area contributed by atoms with Crippen molar-refractivity contribution in [2.24, 2.45) is 0 Å². The fraction of sp³-hybridized carbons (Fsp3) is 0.222. The first kappa shape index (κ1) is 19.6. The highest BCUT2D eigenvalue weighted by Gasteiger charge is 2.11. The predicted octanol–water partition coefficient (Wildman–Crippen LogP) is 5.32. The number of anilines is 1. The van der Waals surface area contributed by atoms with Gasteiger partial charge in [-0.2, -0.15) is 0 Å². The fourth-order valence-electron chi connectivity index (χ4n) is 2.15. The minimum Gasteiger partial charge on any atom is -0.296 e. The topological polar surface area (TPSA) is 58.2 Å². The number of amides is 1. The van der Waals surface area contributed by atoms with E-state index in [4.69, 9.17) is 34.8 Å². The lowest BCUT2D eigenvalue weighted by molar-refractivity contribution is -0.120. The second-order valence-electron chi connectivity index (χ2n) is 5.39. The molecule has 0 atom stereocenters. The lowest BCUT2D eigenvalue weighted by Gasteiger charge is -2.12. The van der Waals surface area contributed by atoms with Crippen molar-refractivity contribution in [3.63, 3.8) is 0 Å². The monoisotopic (exact) mass is 398 g/mol. The molecule has 4 nitrogen and oxygen atoms in total. The van der Waals surface area contributed by atoms with Gasteiger partial charge in [-0.3, -0.25) is 20.4 Å². The third-order valence-electron chi connectivity index (χ3n) is 3.60. The van der Waals surface area contributed by atoms with Crippen molar-refractivity contribution < 1.29 is 9.59 Å². The molecular weight excluding hydrogens is 383 g/mol. The van der Waals surface area contributed by atoms with E-state index in [0.717, 1.165) is 12.0 Å². The normalized spacial score (nSPS) is 10.4. The largest absolute Gasteiger partial charge is 0.296 e. The van der Waals surface area contributed by atoms with E-state index in [1.807, 2.05) is 19.1 Å². The number of nitrogens with one attached hydrogen (secondary N) is 2. The molecule has 0 saturated heterocycles. The minimum atomic E-state index is -0.347. The van der Waals surface area contributed by atoms with Crippen LogP contribution in [0.2, 0.25) is 15.1 Å². The van der Waals surface area contributed by atoms with E-state index in [1.54, 1.807) is 12.1 Å². The predicted molar refractivity (Wildman–Crippen MR) is 103 cm³/mol. The van der Waals surface area contributed by atoms with Gasteiger partial charge in [-0.05, 0) is 24.1 Å². The van der Waals surface area contributed by atoms with Crippen LogP contribution in [-0.2, 0) is 11.2 Å². The number of carbonyl (C=O) groups excluding carboxylic acids is 2. The average molecular weight is 400 g/mol. The number of halogens is 3. The molecule has 0 saturated carbocycles. The molecule has 2 aromatic carbocycles. The van der Waals surface area contributed by atoms with Crippen LogP contribution in [0.3, 0.4) is 0 Å². The Labute approximate surface area is 161 Å². The Balaban J connectivity index is 1.85. The van der Waals surface area contributed by atoms with E-state index in [2.05, 4.69) is 10.9 Å². The fourth-order valence-corrected chi connectivity index (χ4v) is 3.07. The molecule has 0 fully saturated rings. The van der Waals surface area contributed by atoms with Gasteiger partial charge >= 0.3 is 0 Å². The van der Waals surface area contributed by atoms with Crippen LogP contribution in [0.15, 0.2) is 36.4 Å². The van der Waals surface area contributed by atoms with Crippen molar-refractivity contribution >= 4 is 52.2 Å². The summed E-state index contributed by atoms with van der Waals surface area (Å²) in [5.74, 6) is -0.430. The second kappa shape index (κ2) is 9.09.